The van der Waals surface area contributed by atoms with Crippen molar-refractivity contribution in [3.8, 4) is 22.6 Å². The van der Waals surface area contributed by atoms with Gasteiger partial charge in [0.25, 0.3) is 0 Å². The fraction of sp³-hybridized carbons (Fsp3) is 0.0714. The van der Waals surface area contributed by atoms with Crippen LogP contribution in [0, 0.1) is 13.8 Å². The minimum absolute atomic E-state index is 0.131. The Morgan fingerprint density at radius 2 is 1.00 bits per heavy atom. The van der Waals surface area contributed by atoms with E-state index in [1.54, 1.807) is 48.8 Å². The molecule has 0 spiro atoms. The maximum atomic E-state index is 9.97. The molecule has 0 saturated carbocycles. The summed E-state index contributed by atoms with van der Waals surface area (Å²) >= 11 is 12.0. The third kappa shape index (κ3) is 5.48. The fourth-order valence-electron chi connectivity index (χ4n) is 3.50. The number of hydrogen-bond donors (Lipinski definition) is 2. The van der Waals surface area contributed by atoms with E-state index in [-0.39, 0.29) is 11.5 Å². The molecular weight excluding hydrogens is 467 g/mol. The number of aryl methyl sites for hydroxylation is 2. The third-order valence-electron chi connectivity index (χ3n) is 5.39. The molecule has 6 heteroatoms. The Labute approximate surface area is 208 Å². The molecule has 0 radical (unpaired) electrons. The highest BCUT2D eigenvalue weighted by Gasteiger charge is 2.06. The molecule has 0 bridgehead atoms. The minimum atomic E-state index is 0.131. The molecule has 0 fully saturated rings. The number of phenolic OH excluding ortho intramolecular Hbond substituents is 2. The summed E-state index contributed by atoms with van der Waals surface area (Å²) in [7, 11) is 0. The maximum absolute atomic E-state index is 9.97. The van der Waals surface area contributed by atoms with Gasteiger partial charge >= 0.3 is 0 Å². The van der Waals surface area contributed by atoms with Crippen LogP contribution in [0.25, 0.3) is 11.1 Å². The van der Waals surface area contributed by atoms with E-state index in [4.69, 9.17) is 23.2 Å². The van der Waals surface area contributed by atoms with E-state index in [9.17, 15) is 10.2 Å². The summed E-state index contributed by atoms with van der Waals surface area (Å²) in [6, 6.07) is 21.8. The quantitative estimate of drug-likeness (QED) is 0.278. The molecule has 4 nitrogen and oxygen atoms in total. The zero-order valence-electron chi connectivity index (χ0n) is 18.6. The minimum Gasteiger partial charge on any atom is -0.507 e. The Bertz CT molecular complexity index is 1320. The first kappa shape index (κ1) is 23.6. The van der Waals surface area contributed by atoms with Crippen LogP contribution < -0.4 is 0 Å². The van der Waals surface area contributed by atoms with Gasteiger partial charge in [0.2, 0.25) is 0 Å². The van der Waals surface area contributed by atoms with Crippen molar-refractivity contribution in [2.45, 2.75) is 13.8 Å². The van der Waals surface area contributed by atoms with E-state index in [2.05, 4.69) is 22.1 Å². The molecule has 34 heavy (non-hydrogen) atoms. The van der Waals surface area contributed by atoms with Crippen LogP contribution in [0.3, 0.4) is 0 Å². The molecule has 0 aromatic heterocycles. The summed E-state index contributed by atoms with van der Waals surface area (Å²) in [4.78, 5) is 9.04. The van der Waals surface area contributed by atoms with Gasteiger partial charge in [0, 0.05) is 33.6 Å². The normalized spacial score (nSPS) is 11.5. The van der Waals surface area contributed by atoms with Crippen LogP contribution in [0.2, 0.25) is 10.0 Å². The molecular formula is C28H22Cl2N2O2. The Morgan fingerprint density at radius 1 is 0.588 bits per heavy atom. The van der Waals surface area contributed by atoms with Gasteiger partial charge in [-0.2, -0.15) is 0 Å². The van der Waals surface area contributed by atoms with Crippen molar-refractivity contribution in [2.24, 2.45) is 9.98 Å². The van der Waals surface area contributed by atoms with E-state index in [0.717, 1.165) is 33.6 Å². The van der Waals surface area contributed by atoms with E-state index in [1.807, 2.05) is 38.1 Å². The fourth-order valence-corrected chi connectivity index (χ4v) is 3.86. The summed E-state index contributed by atoms with van der Waals surface area (Å²) < 4.78 is 0. The molecule has 2 N–H and O–H groups in total. The summed E-state index contributed by atoms with van der Waals surface area (Å²) in [6.07, 6.45) is 3.22. The Hall–Kier alpha value is -3.60. The lowest BCUT2D eigenvalue weighted by molar-refractivity contribution is 0.474. The Balaban J connectivity index is 1.55. The molecule has 0 unspecified atom stereocenters. The van der Waals surface area contributed by atoms with Crippen molar-refractivity contribution < 1.29 is 10.2 Å². The molecule has 4 aromatic carbocycles. The average Bonchev–Trinajstić information content (AvgIpc) is 2.81. The van der Waals surface area contributed by atoms with Crippen molar-refractivity contribution in [1.82, 2.24) is 0 Å². The van der Waals surface area contributed by atoms with E-state index >= 15 is 0 Å². The lowest BCUT2D eigenvalue weighted by Crippen LogP contribution is -1.86. The average molecular weight is 489 g/mol. The molecule has 170 valence electrons. The van der Waals surface area contributed by atoms with Gasteiger partial charge in [0.05, 0.1) is 11.4 Å². The molecule has 0 atom stereocenters. The molecule has 4 rings (SSSR count). The number of phenols is 2. The number of aliphatic imine (C=N–C) groups is 2. The Morgan fingerprint density at radius 3 is 1.38 bits per heavy atom. The number of halogens is 2. The van der Waals surface area contributed by atoms with Gasteiger partial charge in [0.15, 0.2) is 0 Å². The van der Waals surface area contributed by atoms with Crippen LogP contribution >= 0.6 is 23.2 Å². The Kier molecular flexibility index (Phi) is 7.01. The molecule has 0 saturated heterocycles. The molecule has 0 aliphatic rings. The second-order valence-electron chi connectivity index (χ2n) is 7.93. The zero-order valence-corrected chi connectivity index (χ0v) is 20.1. The summed E-state index contributed by atoms with van der Waals surface area (Å²) in [6.45, 7) is 3.99. The van der Waals surface area contributed by atoms with Crippen LogP contribution in [0.1, 0.15) is 22.3 Å². The molecule has 0 amide bonds. The first-order chi connectivity index (χ1) is 16.3. The monoisotopic (exact) mass is 488 g/mol. The number of aromatic hydroxyl groups is 2. The predicted octanol–water partition coefficient (Wildman–Crippen LogP) is 8.19. The van der Waals surface area contributed by atoms with Gasteiger partial charge in [-0.1, -0.05) is 35.3 Å². The second-order valence-corrected chi connectivity index (χ2v) is 8.80. The van der Waals surface area contributed by atoms with Gasteiger partial charge in [0.1, 0.15) is 11.5 Å². The van der Waals surface area contributed by atoms with Gasteiger partial charge in [-0.25, -0.2) is 0 Å². The van der Waals surface area contributed by atoms with E-state index < -0.39 is 0 Å². The van der Waals surface area contributed by atoms with Crippen molar-refractivity contribution in [3.05, 3.63) is 105 Å². The van der Waals surface area contributed by atoms with E-state index in [0.29, 0.717) is 21.2 Å². The van der Waals surface area contributed by atoms with Crippen molar-refractivity contribution >= 4 is 47.0 Å². The van der Waals surface area contributed by atoms with Crippen molar-refractivity contribution in [2.75, 3.05) is 0 Å². The number of benzene rings is 4. The lowest BCUT2D eigenvalue weighted by atomic mass is 10.00. The number of rotatable bonds is 5. The first-order valence-corrected chi connectivity index (χ1v) is 11.3. The smallest absolute Gasteiger partial charge is 0.124 e. The van der Waals surface area contributed by atoms with Crippen LogP contribution in [-0.2, 0) is 0 Å². The summed E-state index contributed by atoms with van der Waals surface area (Å²) in [5.74, 6) is 0.262. The highest BCUT2D eigenvalue weighted by Crippen LogP contribution is 2.31. The highest BCUT2D eigenvalue weighted by atomic mass is 35.5. The van der Waals surface area contributed by atoms with E-state index in [1.165, 1.54) is 0 Å². The standard InChI is InChI=1S/C28H22Cl2N2O2/c1-17-11-19(3-7-25(17)31-15-21-13-23(29)5-9-27(21)33)20-4-8-26(18(2)12-20)32-16-22-14-24(30)6-10-28(22)34/h3-16,33-34H,1-2H3. The lowest BCUT2D eigenvalue weighted by Gasteiger charge is -2.08. The first-order valence-electron chi connectivity index (χ1n) is 10.6. The summed E-state index contributed by atoms with van der Waals surface area (Å²) in [5, 5.41) is 21.0. The predicted molar refractivity (Wildman–Crippen MR) is 142 cm³/mol. The van der Waals surface area contributed by atoms with Gasteiger partial charge < -0.3 is 10.2 Å². The zero-order chi connectivity index (χ0) is 24.2. The van der Waals surface area contributed by atoms with Crippen molar-refractivity contribution in [3.63, 3.8) is 0 Å². The molecule has 4 aromatic rings. The topological polar surface area (TPSA) is 65.2 Å². The van der Waals surface area contributed by atoms with Crippen LogP contribution in [-0.4, -0.2) is 22.6 Å². The SMILES string of the molecule is Cc1cc(-c2ccc(N=Cc3cc(Cl)ccc3O)c(C)c2)ccc1N=Cc1cc(Cl)ccc1O. The molecule has 0 aliphatic carbocycles. The van der Waals surface area contributed by atoms with Crippen LogP contribution in [0.5, 0.6) is 11.5 Å². The highest BCUT2D eigenvalue weighted by molar-refractivity contribution is 6.31. The van der Waals surface area contributed by atoms with Crippen molar-refractivity contribution in [1.29, 1.82) is 0 Å². The number of nitrogens with zero attached hydrogens (tertiary/aromatic N) is 2. The van der Waals surface area contributed by atoms with Gasteiger partial charge in [-0.05, 0) is 96.8 Å². The van der Waals surface area contributed by atoms with Gasteiger partial charge in [-0.15, -0.1) is 0 Å². The largest absolute Gasteiger partial charge is 0.507 e. The van der Waals surface area contributed by atoms with Crippen LogP contribution in [0.15, 0.2) is 82.8 Å². The third-order valence-corrected chi connectivity index (χ3v) is 5.86. The summed E-state index contributed by atoms with van der Waals surface area (Å²) in [5.41, 5.74) is 6.88. The van der Waals surface area contributed by atoms with Crippen LogP contribution in [0.4, 0.5) is 11.4 Å². The molecule has 0 aliphatic heterocycles. The van der Waals surface area contributed by atoms with Gasteiger partial charge in [-0.3, -0.25) is 9.98 Å². The number of hydrogen-bond acceptors (Lipinski definition) is 4. The second kappa shape index (κ2) is 10.1. The molecule has 0 heterocycles. The maximum Gasteiger partial charge on any atom is 0.124 e.